The van der Waals surface area contributed by atoms with E-state index in [1.807, 2.05) is 24.3 Å². The maximum Gasteiger partial charge on any atom is 0.238 e. The number of amides is 2. The van der Waals surface area contributed by atoms with Gasteiger partial charge in [-0.1, -0.05) is 51.4 Å². The van der Waals surface area contributed by atoms with Gasteiger partial charge in [-0.05, 0) is 48.9 Å². The molecule has 1 heterocycles. The average molecular weight is 480 g/mol. The molecule has 0 saturated carbocycles. The number of nitrogens with zero attached hydrogens (tertiary/aromatic N) is 2. The molecule has 0 aliphatic carbocycles. The summed E-state index contributed by atoms with van der Waals surface area (Å²) in [6, 6.07) is 14.4. The quantitative estimate of drug-likeness (QED) is 0.502. The Morgan fingerprint density at radius 3 is 2.57 bits per heavy atom. The summed E-state index contributed by atoms with van der Waals surface area (Å²) in [5.74, 6) is -0.527. The van der Waals surface area contributed by atoms with Crippen LogP contribution in [0.1, 0.15) is 18.9 Å². The van der Waals surface area contributed by atoms with Crippen LogP contribution in [0.5, 0.6) is 0 Å². The van der Waals surface area contributed by atoms with Crippen LogP contribution in [0.2, 0.25) is 5.02 Å². The van der Waals surface area contributed by atoms with Crippen molar-refractivity contribution in [3.05, 3.63) is 63.6 Å². The van der Waals surface area contributed by atoms with E-state index >= 15 is 0 Å². The van der Waals surface area contributed by atoms with Gasteiger partial charge in [0.1, 0.15) is 5.25 Å². The Balaban J connectivity index is 1.69. The van der Waals surface area contributed by atoms with E-state index in [4.69, 9.17) is 11.6 Å². The monoisotopic (exact) mass is 478 g/mol. The Labute approximate surface area is 180 Å². The summed E-state index contributed by atoms with van der Waals surface area (Å²) in [6.45, 7) is 1.81. The Morgan fingerprint density at radius 1 is 1.21 bits per heavy atom. The number of anilines is 1. The fourth-order valence-electron chi connectivity index (χ4n) is 2.36. The van der Waals surface area contributed by atoms with Crippen LogP contribution < -0.4 is 10.6 Å². The molecule has 1 atom stereocenters. The highest BCUT2D eigenvalue weighted by molar-refractivity contribution is 9.10. The minimum Gasteiger partial charge on any atom is -0.325 e. The van der Waals surface area contributed by atoms with Gasteiger partial charge in [-0.3, -0.25) is 9.59 Å². The van der Waals surface area contributed by atoms with Crippen molar-refractivity contribution in [2.45, 2.75) is 18.6 Å². The first-order valence-electron chi connectivity index (χ1n) is 8.32. The molecule has 2 amide bonds. The fourth-order valence-corrected chi connectivity index (χ4v) is 3.69. The van der Waals surface area contributed by atoms with Gasteiger partial charge >= 0.3 is 0 Å². The summed E-state index contributed by atoms with van der Waals surface area (Å²) in [5.41, 5.74) is 2.20. The van der Waals surface area contributed by atoms with Crippen molar-refractivity contribution in [3.63, 3.8) is 0 Å². The van der Waals surface area contributed by atoms with Crippen molar-refractivity contribution in [1.82, 2.24) is 5.32 Å². The van der Waals surface area contributed by atoms with Crippen molar-refractivity contribution in [1.29, 1.82) is 0 Å². The molecule has 0 aromatic heterocycles. The first-order valence-corrected chi connectivity index (χ1v) is 10.4. The van der Waals surface area contributed by atoms with Gasteiger partial charge in [0.05, 0.1) is 5.71 Å². The van der Waals surface area contributed by atoms with Gasteiger partial charge in [-0.2, -0.15) is 5.10 Å². The van der Waals surface area contributed by atoms with Crippen molar-refractivity contribution in [3.8, 4) is 0 Å². The highest BCUT2D eigenvalue weighted by Gasteiger charge is 2.30. The Bertz CT molecular complexity index is 945. The van der Waals surface area contributed by atoms with Gasteiger partial charge in [0, 0.05) is 21.6 Å². The van der Waals surface area contributed by atoms with E-state index in [0.717, 1.165) is 10.0 Å². The van der Waals surface area contributed by atoms with Crippen LogP contribution in [0, 0.1) is 0 Å². The topological polar surface area (TPSA) is 82.9 Å². The number of carbonyl (C=O) groups excluding carboxylic acids is 2. The first kappa shape index (κ1) is 20.6. The molecule has 1 fully saturated rings. The molecule has 28 heavy (non-hydrogen) atoms. The molecular weight excluding hydrogens is 464 g/mol. The number of rotatable bonds is 4. The summed E-state index contributed by atoms with van der Waals surface area (Å²) < 4.78 is 0.917. The number of hydrogen-bond acceptors (Lipinski definition) is 5. The van der Waals surface area contributed by atoms with E-state index in [1.54, 1.807) is 31.2 Å². The summed E-state index contributed by atoms with van der Waals surface area (Å²) in [7, 11) is 0. The molecule has 0 spiro atoms. The highest BCUT2D eigenvalue weighted by atomic mass is 79.9. The van der Waals surface area contributed by atoms with E-state index in [2.05, 4.69) is 36.8 Å². The zero-order chi connectivity index (χ0) is 20.1. The molecule has 2 N–H and O–H groups in total. The Kier molecular flexibility index (Phi) is 6.88. The maximum atomic E-state index is 12.5. The normalized spacial score (nSPS) is 18.7. The third-order valence-electron chi connectivity index (χ3n) is 3.83. The molecule has 2 aromatic rings. The third kappa shape index (κ3) is 5.67. The number of amidine groups is 1. The number of hydrogen-bond donors (Lipinski definition) is 2. The number of halogens is 2. The molecule has 1 aliphatic heterocycles. The van der Waals surface area contributed by atoms with Crippen molar-refractivity contribution in [2.75, 3.05) is 5.32 Å². The second-order valence-electron chi connectivity index (χ2n) is 5.95. The maximum absolute atomic E-state index is 12.5. The van der Waals surface area contributed by atoms with Crippen LogP contribution in [-0.2, 0) is 9.59 Å². The molecule has 144 valence electrons. The van der Waals surface area contributed by atoms with Crippen LogP contribution in [-0.4, -0.2) is 27.9 Å². The zero-order valence-corrected chi connectivity index (χ0v) is 17.9. The lowest BCUT2D eigenvalue weighted by Crippen LogP contribution is -2.41. The Hall–Kier alpha value is -2.16. The van der Waals surface area contributed by atoms with E-state index < -0.39 is 5.25 Å². The Morgan fingerprint density at radius 2 is 1.89 bits per heavy atom. The lowest BCUT2D eigenvalue weighted by Gasteiger charge is -2.21. The van der Waals surface area contributed by atoms with Gasteiger partial charge in [0.25, 0.3) is 0 Å². The molecule has 9 heteroatoms. The van der Waals surface area contributed by atoms with E-state index in [9.17, 15) is 9.59 Å². The standard InChI is InChI=1S/C19H16BrClN4O2S/c1-11(12-2-6-14(21)7-3-12)24-25-19-23-17(26)10-16(28-19)18(27)22-15-8-4-13(20)5-9-15/h2-9,16H,10H2,1H3,(H,22,27)(H,23,25,26)/b24-11-/t16-/m1/s1. The van der Waals surface area contributed by atoms with Crippen molar-refractivity contribution in [2.24, 2.45) is 10.2 Å². The summed E-state index contributed by atoms with van der Waals surface area (Å²) in [6.07, 6.45) is 0.0753. The lowest BCUT2D eigenvalue weighted by atomic mass is 10.1. The number of carbonyl (C=O) groups is 2. The second kappa shape index (κ2) is 9.36. The van der Waals surface area contributed by atoms with E-state index in [-0.39, 0.29) is 18.2 Å². The summed E-state index contributed by atoms with van der Waals surface area (Å²) in [5, 5.41) is 14.1. The van der Waals surface area contributed by atoms with E-state index in [1.165, 1.54) is 11.8 Å². The van der Waals surface area contributed by atoms with Crippen LogP contribution in [0.4, 0.5) is 5.69 Å². The van der Waals surface area contributed by atoms with Crippen LogP contribution in [0.25, 0.3) is 0 Å². The molecule has 0 radical (unpaired) electrons. The molecule has 6 nitrogen and oxygen atoms in total. The smallest absolute Gasteiger partial charge is 0.238 e. The minimum absolute atomic E-state index is 0.0753. The molecule has 0 bridgehead atoms. The molecule has 2 aromatic carbocycles. The minimum atomic E-state index is -0.581. The van der Waals surface area contributed by atoms with Gasteiger partial charge in [-0.15, -0.1) is 5.10 Å². The van der Waals surface area contributed by atoms with Crippen molar-refractivity contribution < 1.29 is 9.59 Å². The van der Waals surface area contributed by atoms with Gasteiger partial charge < -0.3 is 10.6 Å². The largest absolute Gasteiger partial charge is 0.325 e. The molecule has 3 rings (SSSR count). The van der Waals surface area contributed by atoms with Crippen LogP contribution >= 0.6 is 39.3 Å². The number of nitrogens with one attached hydrogen (secondary N) is 2. The summed E-state index contributed by atoms with van der Waals surface area (Å²) in [4.78, 5) is 24.5. The SMILES string of the molecule is C/C(=N/N=C1/NC(=O)C[C@H](C(=O)Nc2ccc(Br)cc2)S1)c1ccc(Cl)cc1. The molecule has 1 saturated heterocycles. The molecule has 1 aliphatic rings. The first-order chi connectivity index (χ1) is 13.4. The predicted octanol–water partition coefficient (Wildman–Crippen LogP) is 4.44. The van der Waals surface area contributed by atoms with Crippen LogP contribution in [0.3, 0.4) is 0 Å². The van der Waals surface area contributed by atoms with Gasteiger partial charge in [0.2, 0.25) is 11.8 Å². The van der Waals surface area contributed by atoms with Crippen molar-refractivity contribution >= 4 is 67.7 Å². The highest BCUT2D eigenvalue weighted by Crippen LogP contribution is 2.23. The average Bonchev–Trinajstić information content (AvgIpc) is 2.68. The molecule has 0 unspecified atom stereocenters. The number of thioether (sulfide) groups is 1. The van der Waals surface area contributed by atoms with Crippen LogP contribution in [0.15, 0.2) is 63.2 Å². The summed E-state index contributed by atoms with van der Waals surface area (Å²) >= 11 is 10.4. The second-order valence-corrected chi connectivity index (χ2v) is 8.50. The number of benzene rings is 2. The van der Waals surface area contributed by atoms with Gasteiger partial charge in [-0.25, -0.2) is 0 Å². The lowest BCUT2D eigenvalue weighted by molar-refractivity contribution is -0.123. The molecular formula is C19H16BrClN4O2S. The van der Waals surface area contributed by atoms with Gasteiger partial charge in [0.15, 0.2) is 5.17 Å². The van der Waals surface area contributed by atoms with E-state index in [0.29, 0.717) is 21.6 Å². The fraction of sp³-hybridized carbons (Fsp3) is 0.158. The zero-order valence-electron chi connectivity index (χ0n) is 14.8. The predicted molar refractivity (Wildman–Crippen MR) is 118 cm³/mol. The third-order valence-corrected chi connectivity index (χ3v) is 5.68.